The van der Waals surface area contributed by atoms with Crippen molar-refractivity contribution in [2.24, 2.45) is 11.3 Å². The lowest BCUT2D eigenvalue weighted by Gasteiger charge is -2.37. The van der Waals surface area contributed by atoms with Crippen molar-refractivity contribution < 1.29 is 19.0 Å². The van der Waals surface area contributed by atoms with E-state index in [9.17, 15) is 4.79 Å². The van der Waals surface area contributed by atoms with Crippen molar-refractivity contribution in [2.75, 3.05) is 52.5 Å². The van der Waals surface area contributed by atoms with Gasteiger partial charge in [-0.25, -0.2) is 4.79 Å². The Morgan fingerprint density at radius 3 is 2.56 bits per heavy atom. The molecule has 27 heavy (non-hydrogen) atoms. The van der Waals surface area contributed by atoms with Crippen LogP contribution >= 0.6 is 0 Å². The van der Waals surface area contributed by atoms with Crippen LogP contribution in [0, 0.1) is 11.3 Å². The van der Waals surface area contributed by atoms with Gasteiger partial charge < -0.3 is 24.0 Å². The number of likely N-dealkylation sites (tertiary alicyclic amines) is 2. The predicted molar refractivity (Wildman–Crippen MR) is 105 cm³/mol. The molecule has 3 saturated heterocycles. The van der Waals surface area contributed by atoms with Crippen LogP contribution in [0.2, 0.25) is 0 Å². The average molecular weight is 383 g/mol. The zero-order valence-corrected chi connectivity index (χ0v) is 17.7. The molecular formula is C21H38N2O4. The SMILES string of the molecule is CC1(CN2CCC(OCC3CCOC3)CC2)CCN(C(=O)OC(C)(C)C)C1. The largest absolute Gasteiger partial charge is 0.444 e. The van der Waals surface area contributed by atoms with Crippen LogP contribution in [0.4, 0.5) is 4.79 Å². The van der Waals surface area contributed by atoms with Crippen LogP contribution in [0.5, 0.6) is 0 Å². The third kappa shape index (κ3) is 6.33. The maximum absolute atomic E-state index is 12.3. The van der Waals surface area contributed by atoms with E-state index in [1.807, 2.05) is 25.7 Å². The molecule has 0 spiro atoms. The second-order valence-electron chi connectivity index (χ2n) is 10.0. The van der Waals surface area contributed by atoms with Gasteiger partial charge in [0.05, 0.1) is 19.3 Å². The molecule has 0 bridgehead atoms. The van der Waals surface area contributed by atoms with Gasteiger partial charge in [-0.2, -0.15) is 0 Å². The van der Waals surface area contributed by atoms with Crippen molar-refractivity contribution in [3.05, 3.63) is 0 Å². The van der Waals surface area contributed by atoms with E-state index in [-0.39, 0.29) is 11.5 Å². The highest BCUT2D eigenvalue weighted by Crippen LogP contribution is 2.33. The van der Waals surface area contributed by atoms with E-state index in [0.717, 1.165) is 78.2 Å². The molecule has 0 aromatic carbocycles. The quantitative estimate of drug-likeness (QED) is 0.731. The molecule has 0 aromatic rings. The Morgan fingerprint density at radius 1 is 1.19 bits per heavy atom. The molecule has 3 aliphatic rings. The topological polar surface area (TPSA) is 51.2 Å². The fourth-order valence-corrected chi connectivity index (χ4v) is 4.40. The van der Waals surface area contributed by atoms with Crippen molar-refractivity contribution in [1.82, 2.24) is 9.80 Å². The average Bonchev–Trinajstić information content (AvgIpc) is 3.23. The molecule has 3 aliphatic heterocycles. The second-order valence-corrected chi connectivity index (χ2v) is 10.0. The first-order chi connectivity index (χ1) is 12.7. The molecule has 1 amide bonds. The number of piperidine rings is 1. The van der Waals surface area contributed by atoms with Crippen molar-refractivity contribution in [1.29, 1.82) is 0 Å². The molecule has 156 valence electrons. The van der Waals surface area contributed by atoms with Crippen LogP contribution in [-0.4, -0.2) is 80.1 Å². The van der Waals surface area contributed by atoms with Gasteiger partial charge in [0.2, 0.25) is 0 Å². The third-order valence-electron chi connectivity index (χ3n) is 5.94. The summed E-state index contributed by atoms with van der Waals surface area (Å²) < 4.78 is 17.1. The van der Waals surface area contributed by atoms with Gasteiger partial charge in [-0.1, -0.05) is 6.92 Å². The highest BCUT2D eigenvalue weighted by Gasteiger charge is 2.39. The number of rotatable bonds is 5. The van der Waals surface area contributed by atoms with Crippen LogP contribution in [0.3, 0.4) is 0 Å². The summed E-state index contributed by atoms with van der Waals surface area (Å²) in [7, 11) is 0. The van der Waals surface area contributed by atoms with Crippen molar-refractivity contribution in [2.45, 2.75) is 65.1 Å². The Balaban J connectivity index is 1.37. The number of nitrogens with zero attached hydrogens (tertiary/aromatic N) is 2. The van der Waals surface area contributed by atoms with Crippen molar-refractivity contribution in [3.8, 4) is 0 Å². The van der Waals surface area contributed by atoms with E-state index in [1.54, 1.807) is 0 Å². The standard InChI is InChI=1S/C21H38N2O4/c1-20(2,3)27-19(24)23-11-8-21(4,16-23)15-22-9-5-18(6-10-22)26-14-17-7-12-25-13-17/h17-18H,5-16H2,1-4H3. The first-order valence-corrected chi connectivity index (χ1v) is 10.6. The number of hydrogen-bond acceptors (Lipinski definition) is 5. The summed E-state index contributed by atoms with van der Waals surface area (Å²) in [6.07, 6.45) is 4.64. The Labute approximate surface area is 164 Å². The number of hydrogen-bond donors (Lipinski definition) is 0. The summed E-state index contributed by atoms with van der Waals surface area (Å²) in [5.41, 5.74) is -0.269. The maximum atomic E-state index is 12.3. The van der Waals surface area contributed by atoms with Gasteiger partial charge in [0, 0.05) is 45.2 Å². The normalized spacial score (nSPS) is 30.8. The lowest BCUT2D eigenvalue weighted by Crippen LogP contribution is -2.44. The fourth-order valence-electron chi connectivity index (χ4n) is 4.40. The van der Waals surface area contributed by atoms with Crippen LogP contribution in [-0.2, 0) is 14.2 Å². The van der Waals surface area contributed by atoms with Gasteiger partial charge in [0.25, 0.3) is 0 Å². The van der Waals surface area contributed by atoms with Gasteiger partial charge in [0.15, 0.2) is 0 Å². The van der Waals surface area contributed by atoms with Crippen LogP contribution in [0.25, 0.3) is 0 Å². The lowest BCUT2D eigenvalue weighted by atomic mass is 9.88. The summed E-state index contributed by atoms with van der Waals surface area (Å²) in [5.74, 6) is 0.597. The molecule has 0 aromatic heterocycles. The Bertz CT molecular complexity index is 493. The van der Waals surface area contributed by atoms with Crippen LogP contribution in [0.15, 0.2) is 0 Å². The number of amides is 1. The number of carbonyl (C=O) groups excluding carboxylic acids is 1. The van der Waals surface area contributed by atoms with Gasteiger partial charge in [0.1, 0.15) is 5.60 Å². The molecule has 0 aliphatic carbocycles. The summed E-state index contributed by atoms with van der Waals surface area (Å²) in [5, 5.41) is 0. The Morgan fingerprint density at radius 2 is 1.93 bits per heavy atom. The molecule has 0 radical (unpaired) electrons. The molecule has 2 atom stereocenters. The van der Waals surface area contributed by atoms with Crippen molar-refractivity contribution in [3.63, 3.8) is 0 Å². The Kier molecular flexibility index (Phi) is 6.70. The smallest absolute Gasteiger partial charge is 0.410 e. The molecule has 0 saturated carbocycles. The minimum atomic E-state index is -0.428. The summed E-state index contributed by atoms with van der Waals surface area (Å²) >= 11 is 0. The van der Waals surface area contributed by atoms with E-state index in [0.29, 0.717) is 12.0 Å². The predicted octanol–water partition coefficient (Wildman–Crippen LogP) is 3.15. The van der Waals surface area contributed by atoms with Crippen molar-refractivity contribution >= 4 is 6.09 Å². The molecule has 2 unspecified atom stereocenters. The van der Waals surface area contributed by atoms with E-state index in [4.69, 9.17) is 14.2 Å². The van der Waals surface area contributed by atoms with Gasteiger partial charge >= 0.3 is 6.09 Å². The minimum absolute atomic E-state index is 0.159. The molecule has 0 N–H and O–H groups in total. The molecule has 6 nitrogen and oxygen atoms in total. The minimum Gasteiger partial charge on any atom is -0.444 e. The monoisotopic (exact) mass is 382 g/mol. The van der Waals surface area contributed by atoms with E-state index < -0.39 is 5.60 Å². The molecular weight excluding hydrogens is 344 g/mol. The van der Waals surface area contributed by atoms with Crippen LogP contribution < -0.4 is 0 Å². The summed E-state index contributed by atoms with van der Waals surface area (Å²) in [6, 6.07) is 0. The van der Waals surface area contributed by atoms with Gasteiger partial charge in [-0.15, -0.1) is 0 Å². The highest BCUT2D eigenvalue weighted by molar-refractivity contribution is 5.68. The second kappa shape index (κ2) is 8.66. The van der Waals surface area contributed by atoms with E-state index >= 15 is 0 Å². The van der Waals surface area contributed by atoms with E-state index in [2.05, 4.69) is 11.8 Å². The zero-order valence-electron chi connectivity index (χ0n) is 17.7. The maximum Gasteiger partial charge on any atom is 0.410 e. The summed E-state index contributed by atoms with van der Waals surface area (Å²) in [4.78, 5) is 16.8. The van der Waals surface area contributed by atoms with E-state index in [1.165, 1.54) is 0 Å². The Hall–Kier alpha value is -0.850. The first kappa shape index (κ1) is 20.9. The molecule has 3 heterocycles. The lowest BCUT2D eigenvalue weighted by molar-refractivity contribution is -0.0162. The number of ether oxygens (including phenoxy) is 3. The van der Waals surface area contributed by atoms with Gasteiger partial charge in [-0.3, -0.25) is 0 Å². The third-order valence-corrected chi connectivity index (χ3v) is 5.94. The zero-order chi connectivity index (χ0) is 19.5. The highest BCUT2D eigenvalue weighted by atomic mass is 16.6. The summed E-state index contributed by atoms with van der Waals surface area (Å²) in [6.45, 7) is 15.5. The van der Waals surface area contributed by atoms with Gasteiger partial charge in [-0.05, 0) is 51.9 Å². The molecule has 3 rings (SSSR count). The number of carbonyl (C=O) groups is 1. The van der Waals surface area contributed by atoms with Crippen LogP contribution in [0.1, 0.15) is 53.4 Å². The molecule has 6 heteroatoms. The fraction of sp³-hybridized carbons (Fsp3) is 0.952. The molecule has 3 fully saturated rings. The first-order valence-electron chi connectivity index (χ1n) is 10.6.